The van der Waals surface area contributed by atoms with Gasteiger partial charge in [-0.25, -0.2) is 16.8 Å². The SMILES string of the molecule is CC(NC(=O)CCN(C1CCS(=O)(=O)C1)S(C)(=O)=O)c1ccccc1. The quantitative estimate of drug-likeness (QED) is 0.741. The van der Waals surface area contributed by atoms with Gasteiger partial charge in [-0.15, -0.1) is 0 Å². The molecule has 0 bridgehead atoms. The summed E-state index contributed by atoms with van der Waals surface area (Å²) in [5.74, 6) is -0.464. The fourth-order valence-electron chi connectivity index (χ4n) is 2.97. The molecule has 1 heterocycles. The number of sulfonamides is 1. The number of carbonyl (C=O) groups is 1. The van der Waals surface area contributed by atoms with Crippen molar-refractivity contribution in [1.29, 1.82) is 0 Å². The van der Waals surface area contributed by atoms with Crippen molar-refractivity contribution >= 4 is 25.8 Å². The molecule has 0 saturated carbocycles. The third-order valence-electron chi connectivity index (χ3n) is 4.28. The second-order valence-corrected chi connectivity index (χ2v) is 10.5. The summed E-state index contributed by atoms with van der Waals surface area (Å²) in [5, 5.41) is 2.83. The molecule has 7 nitrogen and oxygen atoms in total. The molecule has 1 aromatic carbocycles. The number of rotatable bonds is 7. The third kappa shape index (κ3) is 5.79. The van der Waals surface area contributed by atoms with Crippen molar-refractivity contribution in [2.24, 2.45) is 0 Å². The molecule has 140 valence electrons. The maximum absolute atomic E-state index is 12.1. The third-order valence-corrected chi connectivity index (χ3v) is 7.36. The number of nitrogens with one attached hydrogen (secondary N) is 1. The van der Waals surface area contributed by atoms with Crippen LogP contribution >= 0.6 is 0 Å². The summed E-state index contributed by atoms with van der Waals surface area (Å²) in [6.07, 6.45) is 1.31. The minimum atomic E-state index is -3.59. The zero-order valence-corrected chi connectivity index (χ0v) is 16.0. The van der Waals surface area contributed by atoms with E-state index < -0.39 is 25.9 Å². The molecule has 2 atom stereocenters. The smallest absolute Gasteiger partial charge is 0.221 e. The molecule has 2 rings (SSSR count). The lowest BCUT2D eigenvalue weighted by Gasteiger charge is -2.25. The number of benzene rings is 1. The van der Waals surface area contributed by atoms with Crippen molar-refractivity contribution in [3.05, 3.63) is 35.9 Å². The van der Waals surface area contributed by atoms with Crippen LogP contribution in [0.25, 0.3) is 0 Å². The summed E-state index contributed by atoms with van der Waals surface area (Å²) in [4.78, 5) is 12.1. The number of nitrogens with zero attached hydrogens (tertiary/aromatic N) is 1. The maximum Gasteiger partial charge on any atom is 0.221 e. The zero-order valence-electron chi connectivity index (χ0n) is 14.4. The minimum absolute atomic E-state index is 0.0130. The van der Waals surface area contributed by atoms with E-state index in [1.807, 2.05) is 37.3 Å². The van der Waals surface area contributed by atoms with Crippen LogP contribution < -0.4 is 5.32 Å². The molecule has 1 amide bonds. The van der Waals surface area contributed by atoms with Crippen molar-refractivity contribution in [3.8, 4) is 0 Å². The standard InChI is InChI=1S/C16H24N2O5S2/c1-13(14-6-4-3-5-7-14)17-16(19)8-10-18(24(2,20)21)15-9-11-25(22,23)12-15/h3-7,13,15H,8-12H2,1-2H3,(H,17,19). The highest BCUT2D eigenvalue weighted by atomic mass is 32.2. The summed E-state index contributed by atoms with van der Waals surface area (Å²) in [7, 11) is -6.79. The number of hydrogen-bond donors (Lipinski definition) is 1. The van der Waals surface area contributed by atoms with Gasteiger partial charge in [0, 0.05) is 19.0 Å². The number of hydrogen-bond acceptors (Lipinski definition) is 5. The molecule has 1 N–H and O–H groups in total. The molecule has 1 aliphatic rings. The van der Waals surface area contributed by atoms with E-state index in [1.54, 1.807) is 0 Å². The van der Waals surface area contributed by atoms with Gasteiger partial charge in [-0.05, 0) is 18.9 Å². The number of carbonyl (C=O) groups excluding carboxylic acids is 1. The van der Waals surface area contributed by atoms with Gasteiger partial charge in [0.2, 0.25) is 15.9 Å². The van der Waals surface area contributed by atoms with Gasteiger partial charge < -0.3 is 5.32 Å². The van der Waals surface area contributed by atoms with Gasteiger partial charge in [0.25, 0.3) is 0 Å². The lowest BCUT2D eigenvalue weighted by atomic mass is 10.1. The summed E-state index contributed by atoms with van der Waals surface area (Å²) < 4.78 is 48.3. The van der Waals surface area contributed by atoms with Crippen LogP contribution in [0, 0.1) is 0 Å². The Morgan fingerprint density at radius 2 is 1.96 bits per heavy atom. The summed E-state index contributed by atoms with van der Waals surface area (Å²) in [5.41, 5.74) is 0.956. The van der Waals surface area contributed by atoms with E-state index in [2.05, 4.69) is 5.32 Å². The highest BCUT2D eigenvalue weighted by Crippen LogP contribution is 2.20. The van der Waals surface area contributed by atoms with Crippen LogP contribution in [0.1, 0.15) is 31.4 Å². The van der Waals surface area contributed by atoms with E-state index in [4.69, 9.17) is 0 Å². The Morgan fingerprint density at radius 1 is 1.32 bits per heavy atom. The largest absolute Gasteiger partial charge is 0.350 e. The molecule has 1 fully saturated rings. The normalized spacial score (nSPS) is 21.2. The monoisotopic (exact) mass is 388 g/mol. The predicted octanol–water partition coefficient (Wildman–Crippen LogP) is 0.703. The second kappa shape index (κ2) is 7.84. The van der Waals surface area contributed by atoms with Crippen LogP contribution in [0.2, 0.25) is 0 Å². The fourth-order valence-corrected chi connectivity index (χ4v) is 5.94. The van der Waals surface area contributed by atoms with Crippen LogP contribution in [0.5, 0.6) is 0 Å². The molecule has 0 spiro atoms. The number of amides is 1. The molecule has 2 unspecified atom stereocenters. The average Bonchev–Trinajstić information content (AvgIpc) is 2.86. The van der Waals surface area contributed by atoms with E-state index in [-0.39, 0.29) is 42.8 Å². The lowest BCUT2D eigenvalue weighted by Crippen LogP contribution is -2.42. The van der Waals surface area contributed by atoms with Crippen molar-refractivity contribution < 1.29 is 21.6 Å². The Labute approximate surface area is 149 Å². The predicted molar refractivity (Wildman–Crippen MR) is 96.2 cm³/mol. The Bertz CT molecular complexity index is 806. The van der Waals surface area contributed by atoms with E-state index in [9.17, 15) is 21.6 Å². The van der Waals surface area contributed by atoms with Gasteiger partial charge in [-0.3, -0.25) is 4.79 Å². The van der Waals surface area contributed by atoms with Gasteiger partial charge in [-0.2, -0.15) is 4.31 Å². The van der Waals surface area contributed by atoms with Crippen LogP contribution in [0.4, 0.5) is 0 Å². The van der Waals surface area contributed by atoms with E-state index >= 15 is 0 Å². The van der Waals surface area contributed by atoms with E-state index in [0.29, 0.717) is 0 Å². The maximum atomic E-state index is 12.1. The highest BCUT2D eigenvalue weighted by Gasteiger charge is 2.36. The number of sulfone groups is 1. The fraction of sp³-hybridized carbons (Fsp3) is 0.562. The second-order valence-electron chi connectivity index (χ2n) is 6.38. The molecular formula is C16H24N2O5S2. The van der Waals surface area contributed by atoms with Crippen molar-refractivity contribution in [3.63, 3.8) is 0 Å². The van der Waals surface area contributed by atoms with Gasteiger partial charge in [0.1, 0.15) is 0 Å². The molecular weight excluding hydrogens is 364 g/mol. The first-order valence-electron chi connectivity index (χ1n) is 8.10. The molecule has 1 saturated heterocycles. The molecule has 9 heteroatoms. The van der Waals surface area contributed by atoms with Gasteiger partial charge in [-0.1, -0.05) is 30.3 Å². The average molecular weight is 389 g/mol. The Balaban J connectivity index is 1.95. The first-order chi connectivity index (χ1) is 11.6. The lowest BCUT2D eigenvalue weighted by molar-refractivity contribution is -0.121. The zero-order chi connectivity index (χ0) is 18.7. The Morgan fingerprint density at radius 3 is 2.48 bits per heavy atom. The topological polar surface area (TPSA) is 101 Å². The van der Waals surface area contributed by atoms with Crippen molar-refractivity contribution in [2.75, 3.05) is 24.3 Å². The van der Waals surface area contributed by atoms with Crippen LogP contribution in [0.15, 0.2) is 30.3 Å². The first-order valence-corrected chi connectivity index (χ1v) is 11.8. The molecule has 1 aromatic rings. The van der Waals surface area contributed by atoms with E-state index in [1.165, 1.54) is 0 Å². The highest BCUT2D eigenvalue weighted by molar-refractivity contribution is 7.92. The van der Waals surface area contributed by atoms with Crippen molar-refractivity contribution in [1.82, 2.24) is 9.62 Å². The van der Waals surface area contributed by atoms with E-state index in [0.717, 1.165) is 16.1 Å². The van der Waals surface area contributed by atoms with Crippen molar-refractivity contribution in [2.45, 2.75) is 31.8 Å². The van der Waals surface area contributed by atoms with Gasteiger partial charge in [0.05, 0.1) is 23.8 Å². The molecule has 1 aliphatic heterocycles. The molecule has 0 aliphatic carbocycles. The van der Waals surface area contributed by atoms with Gasteiger partial charge >= 0.3 is 0 Å². The first kappa shape index (κ1) is 19.9. The minimum Gasteiger partial charge on any atom is -0.350 e. The van der Waals surface area contributed by atoms with Crippen LogP contribution in [-0.4, -0.2) is 57.4 Å². The molecule has 25 heavy (non-hydrogen) atoms. The Hall–Kier alpha value is -1.45. The summed E-state index contributed by atoms with van der Waals surface area (Å²) in [6, 6.07) is 8.67. The molecule has 0 radical (unpaired) electrons. The van der Waals surface area contributed by atoms with Gasteiger partial charge in [0.15, 0.2) is 9.84 Å². The van der Waals surface area contributed by atoms with Crippen LogP contribution in [0.3, 0.4) is 0 Å². The Kier molecular flexibility index (Phi) is 6.23. The molecule has 0 aromatic heterocycles. The summed E-state index contributed by atoms with van der Waals surface area (Å²) >= 11 is 0. The van der Waals surface area contributed by atoms with Crippen LogP contribution in [-0.2, 0) is 24.7 Å². The summed E-state index contributed by atoms with van der Waals surface area (Å²) in [6.45, 7) is 1.83.